The fourth-order valence-corrected chi connectivity index (χ4v) is 1.57. The molecule has 1 saturated heterocycles. The summed E-state index contributed by atoms with van der Waals surface area (Å²) in [6.07, 6.45) is -0.497. The molecule has 5 heteroatoms. The zero-order chi connectivity index (χ0) is 10.6. The number of halogens is 1. The third-order valence-corrected chi connectivity index (χ3v) is 2.51. The Morgan fingerprint density at radius 3 is 2.64 bits per heavy atom. The topological polar surface area (TPSA) is 55.6 Å². The van der Waals surface area contributed by atoms with Gasteiger partial charge < -0.3 is 15.4 Å². The van der Waals surface area contributed by atoms with Crippen LogP contribution >= 0.6 is 0 Å². The van der Waals surface area contributed by atoms with Crippen LogP contribution in [0.5, 0.6) is 0 Å². The molecule has 1 amide bonds. The molecule has 0 aliphatic carbocycles. The molecule has 2 N–H and O–H groups in total. The molecule has 14 heavy (non-hydrogen) atoms. The Kier molecular flexibility index (Phi) is 4.28. The van der Waals surface area contributed by atoms with Gasteiger partial charge in [0.2, 0.25) is 0 Å². The van der Waals surface area contributed by atoms with E-state index in [-0.39, 0.29) is 12.5 Å². The molecule has 0 bridgehead atoms. The van der Waals surface area contributed by atoms with Gasteiger partial charge in [-0.15, -0.1) is 0 Å². The van der Waals surface area contributed by atoms with Gasteiger partial charge in [0, 0.05) is 26.7 Å². The molecular formula is C9H17FN2O2. The second kappa shape index (κ2) is 5.26. The zero-order valence-corrected chi connectivity index (χ0v) is 8.41. The van der Waals surface area contributed by atoms with E-state index < -0.39 is 12.3 Å². The summed E-state index contributed by atoms with van der Waals surface area (Å²) >= 11 is 0. The quantitative estimate of drug-likeness (QED) is 0.699. The van der Waals surface area contributed by atoms with Crippen molar-refractivity contribution in [1.29, 1.82) is 0 Å². The second-order valence-electron chi connectivity index (χ2n) is 3.46. The van der Waals surface area contributed by atoms with Crippen molar-refractivity contribution in [1.82, 2.24) is 4.90 Å². The molecule has 1 aliphatic heterocycles. The van der Waals surface area contributed by atoms with E-state index in [1.165, 1.54) is 7.11 Å². The highest BCUT2D eigenvalue weighted by Crippen LogP contribution is 2.14. The first kappa shape index (κ1) is 11.4. The van der Waals surface area contributed by atoms with Crippen LogP contribution in [0, 0.1) is 0 Å². The fourth-order valence-electron chi connectivity index (χ4n) is 1.57. The van der Waals surface area contributed by atoms with E-state index in [9.17, 15) is 9.18 Å². The number of carbonyl (C=O) groups excluding carboxylic acids is 1. The van der Waals surface area contributed by atoms with Crippen molar-refractivity contribution < 1.29 is 13.9 Å². The van der Waals surface area contributed by atoms with Gasteiger partial charge in [-0.05, 0) is 12.8 Å². The molecule has 0 saturated carbocycles. The number of rotatable bonds is 3. The molecule has 1 heterocycles. The largest absolute Gasteiger partial charge is 0.370 e. The van der Waals surface area contributed by atoms with Gasteiger partial charge in [0.05, 0.1) is 0 Å². The number of likely N-dealkylation sites (tertiary alicyclic amines) is 1. The molecule has 0 radical (unpaired) electrons. The van der Waals surface area contributed by atoms with Crippen molar-refractivity contribution in [2.24, 2.45) is 5.73 Å². The number of piperidine rings is 1. The molecule has 0 aromatic carbocycles. The van der Waals surface area contributed by atoms with Gasteiger partial charge in [-0.25, -0.2) is 4.39 Å². The Balaban J connectivity index is 2.44. The lowest BCUT2D eigenvalue weighted by molar-refractivity contribution is -0.142. The third kappa shape index (κ3) is 2.65. The highest BCUT2D eigenvalue weighted by atomic mass is 19.1. The zero-order valence-electron chi connectivity index (χ0n) is 8.41. The van der Waals surface area contributed by atoms with E-state index >= 15 is 0 Å². The van der Waals surface area contributed by atoms with Crippen molar-refractivity contribution in [3.05, 3.63) is 0 Å². The Labute approximate surface area is 83.2 Å². The summed E-state index contributed by atoms with van der Waals surface area (Å²) in [6, 6.07) is 0. The predicted octanol–water partition coefficient (Wildman–Crippen LogP) is -0.0794. The summed E-state index contributed by atoms with van der Waals surface area (Å²) in [7, 11) is 1.46. The lowest BCUT2D eigenvalue weighted by Gasteiger charge is -2.30. The van der Waals surface area contributed by atoms with Crippen molar-refractivity contribution in [2.75, 3.05) is 26.7 Å². The number of amides is 1. The number of alkyl halides is 1. The van der Waals surface area contributed by atoms with Crippen molar-refractivity contribution in [3.63, 3.8) is 0 Å². The van der Waals surface area contributed by atoms with Crippen molar-refractivity contribution >= 4 is 5.91 Å². The number of hydrogen-bond acceptors (Lipinski definition) is 3. The van der Waals surface area contributed by atoms with E-state index in [1.54, 1.807) is 4.90 Å². The highest BCUT2D eigenvalue weighted by molar-refractivity contribution is 5.81. The molecular weight excluding hydrogens is 187 g/mol. The van der Waals surface area contributed by atoms with Crippen LogP contribution in [0.25, 0.3) is 0 Å². The van der Waals surface area contributed by atoms with Crippen LogP contribution in [-0.2, 0) is 9.53 Å². The maximum Gasteiger partial charge on any atom is 0.253 e. The minimum atomic E-state index is -0.766. The van der Waals surface area contributed by atoms with Gasteiger partial charge in [0.25, 0.3) is 5.91 Å². The van der Waals surface area contributed by atoms with Crippen LogP contribution in [-0.4, -0.2) is 49.8 Å². The monoisotopic (exact) mass is 204 g/mol. The average molecular weight is 204 g/mol. The lowest BCUT2D eigenvalue weighted by atomic mass is 10.1. The minimum absolute atomic E-state index is 0.123. The van der Waals surface area contributed by atoms with Gasteiger partial charge in [-0.2, -0.15) is 0 Å². The average Bonchev–Trinajstić information content (AvgIpc) is 2.20. The molecule has 0 spiro atoms. The van der Waals surface area contributed by atoms with Gasteiger partial charge in [-0.1, -0.05) is 0 Å². The highest BCUT2D eigenvalue weighted by Gasteiger charge is 2.27. The van der Waals surface area contributed by atoms with Crippen LogP contribution in [0.1, 0.15) is 12.8 Å². The Morgan fingerprint density at radius 1 is 1.64 bits per heavy atom. The van der Waals surface area contributed by atoms with E-state index in [1.807, 2.05) is 0 Å². The first-order valence-corrected chi connectivity index (χ1v) is 4.84. The number of ether oxygens (including phenoxy) is 1. The molecule has 1 atom stereocenters. The van der Waals surface area contributed by atoms with E-state index in [4.69, 9.17) is 10.5 Å². The third-order valence-electron chi connectivity index (χ3n) is 2.51. The van der Waals surface area contributed by atoms with Crippen LogP contribution in [0.4, 0.5) is 4.39 Å². The predicted molar refractivity (Wildman–Crippen MR) is 50.6 cm³/mol. The first-order chi connectivity index (χ1) is 6.69. The molecule has 4 nitrogen and oxygen atoms in total. The summed E-state index contributed by atoms with van der Waals surface area (Å²) in [4.78, 5) is 13.3. The maximum atomic E-state index is 12.8. The molecule has 0 aromatic heterocycles. The molecule has 1 fully saturated rings. The molecule has 82 valence electrons. The number of nitrogens with zero attached hydrogens (tertiary/aromatic N) is 1. The molecule has 0 aromatic rings. The Bertz CT molecular complexity index is 189. The van der Waals surface area contributed by atoms with E-state index in [0.717, 1.165) is 0 Å². The number of methoxy groups -OCH3 is 1. The molecule has 1 rings (SSSR count). The van der Waals surface area contributed by atoms with E-state index in [2.05, 4.69) is 0 Å². The number of carbonyl (C=O) groups is 1. The van der Waals surface area contributed by atoms with E-state index in [0.29, 0.717) is 25.9 Å². The maximum absolute atomic E-state index is 12.8. The summed E-state index contributed by atoms with van der Waals surface area (Å²) < 4.78 is 17.7. The van der Waals surface area contributed by atoms with Gasteiger partial charge in [0.1, 0.15) is 12.3 Å². The van der Waals surface area contributed by atoms with Crippen LogP contribution in [0.2, 0.25) is 0 Å². The van der Waals surface area contributed by atoms with Crippen molar-refractivity contribution in [2.45, 2.75) is 25.1 Å². The summed E-state index contributed by atoms with van der Waals surface area (Å²) in [6.45, 7) is 1.12. The number of nitrogens with two attached hydrogens (primary N) is 1. The van der Waals surface area contributed by atoms with Crippen molar-refractivity contribution in [3.8, 4) is 0 Å². The number of hydrogen-bond donors (Lipinski definition) is 1. The fraction of sp³-hybridized carbons (Fsp3) is 0.889. The molecule has 0 unspecified atom stereocenters. The van der Waals surface area contributed by atoms with Crippen LogP contribution in [0.3, 0.4) is 0 Å². The van der Waals surface area contributed by atoms with Gasteiger partial charge in [-0.3, -0.25) is 4.79 Å². The Hall–Kier alpha value is -0.680. The summed E-state index contributed by atoms with van der Waals surface area (Å²) in [5.41, 5.74) is 5.37. The smallest absolute Gasteiger partial charge is 0.253 e. The van der Waals surface area contributed by atoms with Gasteiger partial charge >= 0.3 is 0 Å². The normalized spacial score (nSPS) is 20.9. The molecule has 1 aliphatic rings. The Morgan fingerprint density at radius 2 is 2.21 bits per heavy atom. The first-order valence-electron chi connectivity index (χ1n) is 4.84. The summed E-state index contributed by atoms with van der Waals surface area (Å²) in [5, 5.41) is 0. The SMILES string of the molecule is CO[C@@H](CN)C(=O)N1CCC(F)CC1. The van der Waals surface area contributed by atoms with Crippen LogP contribution < -0.4 is 5.73 Å². The lowest BCUT2D eigenvalue weighted by Crippen LogP contribution is -2.47. The van der Waals surface area contributed by atoms with Gasteiger partial charge in [0.15, 0.2) is 0 Å². The minimum Gasteiger partial charge on any atom is -0.370 e. The van der Waals surface area contributed by atoms with Crippen LogP contribution in [0.15, 0.2) is 0 Å². The standard InChI is InChI=1S/C9H17FN2O2/c1-14-8(6-11)9(13)12-4-2-7(10)3-5-12/h7-8H,2-6,11H2,1H3/t8-/m0/s1. The second-order valence-corrected chi connectivity index (χ2v) is 3.46. The summed E-state index contributed by atoms with van der Waals surface area (Å²) in [5.74, 6) is -0.123.